The molecule has 3 aliphatic rings. The molecule has 4 heterocycles. The second-order valence-corrected chi connectivity index (χ2v) is 10.3. The predicted octanol–water partition coefficient (Wildman–Crippen LogP) is 3.14. The number of carbonyl (C=O) groups is 2. The SMILES string of the molecule is Cc1ccc(CN2CCC3(CCn4ncnc4C3NC(=O)C3CC3)C2)s1.O=C(O)C(F)(F)F. The summed E-state index contributed by atoms with van der Waals surface area (Å²) >= 11 is 1.89. The third kappa shape index (κ3) is 5.37. The summed E-state index contributed by atoms with van der Waals surface area (Å²) in [6.45, 7) is 6.18. The Morgan fingerprint density at radius 1 is 1.27 bits per heavy atom. The highest BCUT2D eigenvalue weighted by atomic mass is 32.1. The highest BCUT2D eigenvalue weighted by Gasteiger charge is 2.50. The van der Waals surface area contributed by atoms with E-state index in [0.29, 0.717) is 0 Å². The molecule has 2 atom stereocenters. The van der Waals surface area contributed by atoms with E-state index in [1.165, 1.54) is 9.75 Å². The lowest BCUT2D eigenvalue weighted by Gasteiger charge is -2.41. The number of alkyl halides is 3. The Morgan fingerprint density at radius 2 is 1.97 bits per heavy atom. The number of carboxylic acid groups (broad SMARTS) is 1. The molecule has 5 rings (SSSR count). The van der Waals surface area contributed by atoms with E-state index in [-0.39, 0.29) is 23.3 Å². The number of hydrogen-bond acceptors (Lipinski definition) is 6. The number of likely N-dealkylation sites (tertiary alicyclic amines) is 1. The van der Waals surface area contributed by atoms with Gasteiger partial charge in [-0.25, -0.2) is 14.5 Å². The van der Waals surface area contributed by atoms with Gasteiger partial charge >= 0.3 is 12.1 Å². The molecule has 1 saturated carbocycles. The Bertz CT molecular complexity index is 1020. The van der Waals surface area contributed by atoms with Crippen molar-refractivity contribution in [2.45, 2.75) is 57.9 Å². The Kier molecular flexibility index (Phi) is 6.50. The smallest absolute Gasteiger partial charge is 0.475 e. The summed E-state index contributed by atoms with van der Waals surface area (Å²) in [6, 6.07) is 4.43. The van der Waals surface area contributed by atoms with Gasteiger partial charge in [0.2, 0.25) is 5.91 Å². The first-order chi connectivity index (χ1) is 15.6. The van der Waals surface area contributed by atoms with Crippen molar-refractivity contribution in [3.8, 4) is 0 Å². The molecule has 1 spiro atoms. The topological polar surface area (TPSA) is 100 Å². The summed E-state index contributed by atoms with van der Waals surface area (Å²) in [5.74, 6) is -1.39. The maximum absolute atomic E-state index is 12.5. The fourth-order valence-corrected chi connectivity index (χ4v) is 5.52. The third-order valence-electron chi connectivity index (χ3n) is 6.45. The van der Waals surface area contributed by atoms with Crippen LogP contribution >= 0.6 is 11.3 Å². The standard InChI is InChI=1S/C19H25N5OS.C2HF3O2/c1-13-2-5-15(26-13)10-23-8-6-19(11-23)7-9-24-17(20-12-21-24)16(19)22-18(25)14-3-4-14;3-2(4,5)1(6)7/h2,5,12,14,16H,3-4,6-11H2,1H3,(H,22,25);(H,6,7). The zero-order valence-corrected chi connectivity index (χ0v) is 19.0. The quantitative estimate of drug-likeness (QED) is 0.690. The summed E-state index contributed by atoms with van der Waals surface area (Å²) in [7, 11) is 0. The molecule has 33 heavy (non-hydrogen) atoms. The van der Waals surface area contributed by atoms with Crippen molar-refractivity contribution in [3.05, 3.63) is 34.0 Å². The molecule has 2 aliphatic heterocycles. The zero-order valence-electron chi connectivity index (χ0n) is 18.1. The van der Waals surface area contributed by atoms with Crippen molar-refractivity contribution < 1.29 is 27.9 Å². The molecule has 180 valence electrons. The molecule has 0 bridgehead atoms. The van der Waals surface area contributed by atoms with Gasteiger partial charge in [0.05, 0.1) is 6.04 Å². The first-order valence-corrected chi connectivity index (χ1v) is 11.6. The highest BCUT2D eigenvalue weighted by Crippen LogP contribution is 2.48. The molecule has 1 amide bonds. The molecular weight excluding hydrogens is 459 g/mol. The summed E-state index contributed by atoms with van der Waals surface area (Å²) in [6.07, 6.45) is 0.773. The molecule has 2 fully saturated rings. The summed E-state index contributed by atoms with van der Waals surface area (Å²) < 4.78 is 33.7. The molecule has 0 aromatic carbocycles. The van der Waals surface area contributed by atoms with Crippen LogP contribution in [0.4, 0.5) is 13.2 Å². The number of amides is 1. The lowest BCUT2D eigenvalue weighted by Crippen LogP contribution is -2.47. The molecule has 2 N–H and O–H groups in total. The van der Waals surface area contributed by atoms with Crippen LogP contribution in [-0.2, 0) is 22.7 Å². The van der Waals surface area contributed by atoms with Crippen LogP contribution in [0.3, 0.4) is 0 Å². The molecular formula is C21H26F3N5O3S. The summed E-state index contributed by atoms with van der Waals surface area (Å²) in [5, 5.41) is 14.8. The third-order valence-corrected chi connectivity index (χ3v) is 7.44. The summed E-state index contributed by atoms with van der Waals surface area (Å²) in [5.41, 5.74) is 0.0832. The van der Waals surface area contributed by atoms with E-state index in [9.17, 15) is 18.0 Å². The molecule has 2 unspecified atom stereocenters. The summed E-state index contributed by atoms with van der Waals surface area (Å²) in [4.78, 5) is 31.3. The average molecular weight is 486 g/mol. The Balaban J connectivity index is 0.000000325. The number of halogens is 3. The number of thiophene rings is 1. The molecule has 2 aromatic rings. The van der Waals surface area contributed by atoms with Gasteiger partial charge in [-0.15, -0.1) is 11.3 Å². The second-order valence-electron chi connectivity index (χ2n) is 8.95. The minimum Gasteiger partial charge on any atom is -0.475 e. The number of aromatic nitrogens is 3. The van der Waals surface area contributed by atoms with E-state index in [4.69, 9.17) is 9.90 Å². The van der Waals surface area contributed by atoms with Gasteiger partial charge in [0.1, 0.15) is 12.2 Å². The van der Waals surface area contributed by atoms with Gasteiger partial charge in [-0.05, 0) is 51.3 Å². The number of nitrogens with one attached hydrogen (secondary N) is 1. The number of carbonyl (C=O) groups excluding carboxylic acids is 1. The van der Waals surface area contributed by atoms with Crippen LogP contribution < -0.4 is 5.32 Å². The number of carboxylic acids is 1. The number of nitrogens with zero attached hydrogens (tertiary/aromatic N) is 4. The van der Waals surface area contributed by atoms with Gasteiger partial charge in [0.25, 0.3) is 0 Å². The van der Waals surface area contributed by atoms with E-state index in [0.717, 1.165) is 57.7 Å². The molecule has 1 aliphatic carbocycles. The second kappa shape index (κ2) is 9.05. The fraction of sp³-hybridized carbons (Fsp3) is 0.619. The first-order valence-electron chi connectivity index (χ1n) is 10.8. The zero-order chi connectivity index (χ0) is 23.8. The van der Waals surface area contributed by atoms with Crippen LogP contribution in [0.5, 0.6) is 0 Å². The van der Waals surface area contributed by atoms with Crippen LogP contribution in [0, 0.1) is 18.3 Å². The number of aryl methyl sites for hydroxylation is 2. The maximum atomic E-state index is 12.5. The van der Waals surface area contributed by atoms with Crippen molar-refractivity contribution in [3.63, 3.8) is 0 Å². The number of fused-ring (bicyclic) bond motifs is 1. The van der Waals surface area contributed by atoms with Crippen molar-refractivity contribution >= 4 is 23.2 Å². The van der Waals surface area contributed by atoms with E-state index in [1.807, 2.05) is 16.0 Å². The van der Waals surface area contributed by atoms with E-state index in [2.05, 4.69) is 39.4 Å². The number of hydrogen-bond donors (Lipinski definition) is 2. The molecule has 8 nitrogen and oxygen atoms in total. The Hall–Kier alpha value is -2.47. The van der Waals surface area contributed by atoms with E-state index >= 15 is 0 Å². The lowest BCUT2D eigenvalue weighted by molar-refractivity contribution is -0.192. The highest BCUT2D eigenvalue weighted by molar-refractivity contribution is 7.11. The minimum absolute atomic E-state index is 0.0121. The van der Waals surface area contributed by atoms with Crippen LogP contribution in [0.15, 0.2) is 18.5 Å². The molecule has 1 saturated heterocycles. The van der Waals surface area contributed by atoms with Gasteiger partial charge in [-0.1, -0.05) is 0 Å². The first kappa shape index (κ1) is 23.7. The van der Waals surface area contributed by atoms with Gasteiger partial charge in [-0.2, -0.15) is 18.3 Å². The van der Waals surface area contributed by atoms with Crippen molar-refractivity contribution in [2.75, 3.05) is 13.1 Å². The fourth-order valence-electron chi connectivity index (χ4n) is 4.59. The average Bonchev–Trinajstić information content (AvgIpc) is 3.14. The van der Waals surface area contributed by atoms with Gasteiger partial charge in [0.15, 0.2) is 0 Å². The van der Waals surface area contributed by atoms with E-state index < -0.39 is 12.1 Å². The van der Waals surface area contributed by atoms with Crippen molar-refractivity contribution in [1.29, 1.82) is 0 Å². The van der Waals surface area contributed by atoms with Crippen molar-refractivity contribution in [1.82, 2.24) is 25.0 Å². The normalized spacial score (nSPS) is 24.8. The molecule has 2 aromatic heterocycles. The van der Waals surface area contributed by atoms with Gasteiger partial charge in [-0.3, -0.25) is 9.69 Å². The van der Waals surface area contributed by atoms with Gasteiger partial charge < -0.3 is 10.4 Å². The predicted molar refractivity (Wildman–Crippen MR) is 113 cm³/mol. The van der Waals surface area contributed by atoms with Crippen LogP contribution in [0.1, 0.15) is 47.3 Å². The maximum Gasteiger partial charge on any atom is 0.490 e. The van der Waals surface area contributed by atoms with E-state index in [1.54, 1.807) is 6.33 Å². The minimum atomic E-state index is -5.08. The number of rotatable bonds is 4. The molecule has 12 heteroatoms. The largest absolute Gasteiger partial charge is 0.490 e. The van der Waals surface area contributed by atoms with Gasteiger partial charge in [0, 0.05) is 40.7 Å². The Labute approximate surface area is 192 Å². The number of aliphatic carboxylic acids is 1. The van der Waals surface area contributed by atoms with Crippen LogP contribution in [0.25, 0.3) is 0 Å². The Morgan fingerprint density at radius 3 is 2.58 bits per heavy atom. The van der Waals surface area contributed by atoms with Crippen molar-refractivity contribution in [2.24, 2.45) is 11.3 Å². The lowest BCUT2D eigenvalue weighted by atomic mass is 9.74. The monoisotopic (exact) mass is 485 g/mol. The van der Waals surface area contributed by atoms with Crippen LogP contribution in [0.2, 0.25) is 0 Å². The molecule has 0 radical (unpaired) electrons. The van der Waals surface area contributed by atoms with Crippen LogP contribution in [-0.4, -0.2) is 55.9 Å².